The first-order chi connectivity index (χ1) is 8.56. The molecule has 0 spiro atoms. The number of benzene rings is 1. The summed E-state index contributed by atoms with van der Waals surface area (Å²) in [4.78, 5) is 22.5. The van der Waals surface area contributed by atoms with Gasteiger partial charge in [-0.2, -0.15) is 5.10 Å². The number of nitrogens with two attached hydrogens (primary N) is 1. The summed E-state index contributed by atoms with van der Waals surface area (Å²) in [6.45, 7) is 0. The van der Waals surface area contributed by atoms with Crippen molar-refractivity contribution in [3.05, 3.63) is 46.2 Å². The molecule has 0 aliphatic carbocycles. The van der Waals surface area contributed by atoms with Gasteiger partial charge in [0.05, 0.1) is 5.69 Å². The van der Waals surface area contributed by atoms with Gasteiger partial charge < -0.3 is 16.2 Å². The van der Waals surface area contributed by atoms with Gasteiger partial charge in [0.25, 0.3) is 11.5 Å². The third-order valence-corrected chi connectivity index (χ3v) is 2.21. The van der Waals surface area contributed by atoms with Crippen LogP contribution in [0.3, 0.4) is 0 Å². The Morgan fingerprint density at radius 2 is 2.11 bits per heavy atom. The van der Waals surface area contributed by atoms with Crippen molar-refractivity contribution in [1.29, 1.82) is 0 Å². The number of nitrogen functional groups attached to an aromatic ring is 1. The summed E-state index contributed by atoms with van der Waals surface area (Å²) in [5.41, 5.74) is 5.48. The predicted octanol–water partition coefficient (Wildman–Crippen LogP) is 0.310. The Kier molecular flexibility index (Phi) is 2.96. The second-order valence-corrected chi connectivity index (χ2v) is 3.53. The Labute approximate surface area is 101 Å². The highest BCUT2D eigenvalue weighted by Gasteiger charge is 2.08. The van der Waals surface area contributed by atoms with Crippen molar-refractivity contribution < 1.29 is 9.90 Å². The van der Waals surface area contributed by atoms with Crippen LogP contribution in [0.5, 0.6) is 5.75 Å². The highest BCUT2D eigenvalue weighted by atomic mass is 16.3. The average molecular weight is 246 g/mol. The first kappa shape index (κ1) is 11.6. The van der Waals surface area contributed by atoms with E-state index in [2.05, 4.69) is 15.5 Å². The zero-order valence-corrected chi connectivity index (χ0v) is 9.18. The fraction of sp³-hybridized carbons (Fsp3) is 0. The molecule has 0 fully saturated rings. The number of phenols is 1. The van der Waals surface area contributed by atoms with Crippen molar-refractivity contribution in [3.8, 4) is 5.75 Å². The van der Waals surface area contributed by atoms with Gasteiger partial charge in [0.1, 0.15) is 5.75 Å². The van der Waals surface area contributed by atoms with Gasteiger partial charge in [0, 0.05) is 11.6 Å². The molecule has 0 saturated heterocycles. The number of aromatic hydroxyl groups is 1. The minimum absolute atomic E-state index is 0.169. The van der Waals surface area contributed by atoms with E-state index in [0.29, 0.717) is 0 Å². The van der Waals surface area contributed by atoms with Crippen LogP contribution in [0.1, 0.15) is 10.4 Å². The molecule has 5 N–H and O–H groups in total. The highest BCUT2D eigenvalue weighted by molar-refractivity contribution is 6.04. The minimum atomic E-state index is -0.468. The SMILES string of the molecule is Nc1ccc(C(=O)Nc2ccc(=O)[nH]n2)cc1O. The van der Waals surface area contributed by atoms with Crippen LogP contribution in [-0.2, 0) is 0 Å². The molecule has 0 bridgehead atoms. The van der Waals surface area contributed by atoms with Crippen molar-refractivity contribution >= 4 is 17.4 Å². The zero-order valence-electron chi connectivity index (χ0n) is 9.18. The van der Waals surface area contributed by atoms with Crippen molar-refractivity contribution in [2.75, 3.05) is 11.1 Å². The first-order valence-corrected chi connectivity index (χ1v) is 5.02. The van der Waals surface area contributed by atoms with Crippen LogP contribution < -0.4 is 16.6 Å². The fourth-order valence-electron chi connectivity index (χ4n) is 1.29. The van der Waals surface area contributed by atoms with Crippen LogP contribution in [0.25, 0.3) is 0 Å². The maximum atomic E-state index is 11.8. The quantitative estimate of drug-likeness (QED) is 0.449. The molecule has 7 heteroatoms. The Bertz CT molecular complexity index is 630. The fourth-order valence-corrected chi connectivity index (χ4v) is 1.29. The van der Waals surface area contributed by atoms with Gasteiger partial charge in [-0.15, -0.1) is 0 Å². The molecule has 1 aromatic carbocycles. The molecule has 92 valence electrons. The van der Waals surface area contributed by atoms with Crippen molar-refractivity contribution in [3.63, 3.8) is 0 Å². The smallest absolute Gasteiger partial charge is 0.264 e. The number of rotatable bonds is 2. The largest absolute Gasteiger partial charge is 0.506 e. The van der Waals surface area contributed by atoms with E-state index in [4.69, 9.17) is 5.73 Å². The lowest BCUT2D eigenvalue weighted by Crippen LogP contribution is -2.15. The number of amides is 1. The van der Waals surface area contributed by atoms with Crippen LogP contribution in [-0.4, -0.2) is 21.2 Å². The monoisotopic (exact) mass is 246 g/mol. The summed E-state index contributed by atoms with van der Waals surface area (Å²) >= 11 is 0. The molecule has 2 rings (SSSR count). The zero-order chi connectivity index (χ0) is 13.1. The molecule has 7 nitrogen and oxygen atoms in total. The molecule has 0 radical (unpaired) electrons. The molecule has 18 heavy (non-hydrogen) atoms. The van der Waals surface area contributed by atoms with Crippen LogP contribution >= 0.6 is 0 Å². The molecular formula is C11H10N4O3. The summed E-state index contributed by atoms with van der Waals surface area (Å²) < 4.78 is 0. The second-order valence-electron chi connectivity index (χ2n) is 3.53. The lowest BCUT2D eigenvalue weighted by Gasteiger charge is -2.05. The molecule has 0 atom stereocenters. The maximum absolute atomic E-state index is 11.8. The van der Waals surface area contributed by atoms with E-state index in [9.17, 15) is 14.7 Å². The summed E-state index contributed by atoms with van der Waals surface area (Å²) in [7, 11) is 0. The molecule has 1 aromatic heterocycles. The first-order valence-electron chi connectivity index (χ1n) is 5.02. The molecule has 1 amide bonds. The number of hydrogen-bond acceptors (Lipinski definition) is 5. The summed E-state index contributed by atoms with van der Waals surface area (Å²) in [6.07, 6.45) is 0. The third-order valence-electron chi connectivity index (χ3n) is 2.21. The molecular weight excluding hydrogens is 236 g/mol. The molecule has 0 unspecified atom stereocenters. The van der Waals surface area contributed by atoms with Gasteiger partial charge in [-0.05, 0) is 24.3 Å². The molecule has 0 aliphatic rings. The summed E-state index contributed by atoms with van der Waals surface area (Å²) in [5, 5.41) is 17.7. The Hall–Kier alpha value is -2.83. The lowest BCUT2D eigenvalue weighted by molar-refractivity contribution is 0.102. The van der Waals surface area contributed by atoms with Gasteiger partial charge >= 0.3 is 0 Å². The van der Waals surface area contributed by atoms with Crippen LogP contribution in [0.2, 0.25) is 0 Å². The topological polar surface area (TPSA) is 121 Å². The number of anilines is 2. The Morgan fingerprint density at radius 3 is 2.72 bits per heavy atom. The van der Waals surface area contributed by atoms with Crippen molar-refractivity contribution in [1.82, 2.24) is 10.2 Å². The van der Waals surface area contributed by atoms with Crippen LogP contribution in [0.15, 0.2) is 35.1 Å². The van der Waals surface area contributed by atoms with E-state index in [1.807, 2.05) is 0 Å². The standard InChI is InChI=1S/C11H10N4O3/c12-7-2-1-6(5-8(7)16)11(18)13-9-3-4-10(17)15-14-9/h1-5,16H,12H2,(H,15,17)(H,13,14,18). The maximum Gasteiger partial charge on any atom is 0.264 e. The van der Waals surface area contributed by atoms with E-state index in [0.717, 1.165) is 0 Å². The number of hydrogen-bond donors (Lipinski definition) is 4. The summed E-state index contributed by atoms with van der Waals surface area (Å²) in [6, 6.07) is 6.74. The van der Waals surface area contributed by atoms with Gasteiger partial charge in [-0.3, -0.25) is 9.59 Å². The summed E-state index contributed by atoms with van der Waals surface area (Å²) in [5.74, 6) is -0.433. The molecule has 0 saturated carbocycles. The minimum Gasteiger partial charge on any atom is -0.506 e. The highest BCUT2D eigenvalue weighted by Crippen LogP contribution is 2.20. The third kappa shape index (κ3) is 2.46. The molecule has 1 heterocycles. The van der Waals surface area contributed by atoms with Gasteiger partial charge in [0.2, 0.25) is 0 Å². The average Bonchev–Trinajstić information content (AvgIpc) is 2.35. The number of nitrogens with zero attached hydrogens (tertiary/aromatic N) is 1. The number of carbonyl (C=O) groups excluding carboxylic acids is 1. The van der Waals surface area contributed by atoms with Crippen molar-refractivity contribution in [2.24, 2.45) is 0 Å². The Balaban J connectivity index is 2.19. The van der Waals surface area contributed by atoms with Gasteiger partial charge in [0.15, 0.2) is 5.82 Å². The van der Waals surface area contributed by atoms with E-state index in [-0.39, 0.29) is 28.4 Å². The number of aromatic amines is 1. The Morgan fingerprint density at radius 1 is 1.33 bits per heavy atom. The van der Waals surface area contributed by atoms with Crippen molar-refractivity contribution in [2.45, 2.75) is 0 Å². The van der Waals surface area contributed by atoms with Gasteiger partial charge in [-0.1, -0.05) is 0 Å². The lowest BCUT2D eigenvalue weighted by atomic mass is 10.2. The number of phenolic OH excluding ortho intramolecular Hbond substituents is 1. The predicted molar refractivity (Wildman–Crippen MR) is 65.3 cm³/mol. The number of aromatic nitrogens is 2. The second kappa shape index (κ2) is 4.58. The van der Waals surface area contributed by atoms with Gasteiger partial charge in [-0.25, -0.2) is 5.10 Å². The van der Waals surface area contributed by atoms with Crippen LogP contribution in [0.4, 0.5) is 11.5 Å². The van der Waals surface area contributed by atoms with E-state index < -0.39 is 5.91 Å². The van der Waals surface area contributed by atoms with E-state index in [1.54, 1.807) is 0 Å². The van der Waals surface area contributed by atoms with E-state index in [1.165, 1.54) is 30.3 Å². The normalized spacial score (nSPS) is 10.0. The number of nitrogens with one attached hydrogen (secondary N) is 2. The number of H-pyrrole nitrogens is 1. The van der Waals surface area contributed by atoms with E-state index >= 15 is 0 Å². The molecule has 0 aliphatic heterocycles. The number of carbonyl (C=O) groups is 1. The molecule has 2 aromatic rings. The van der Waals surface area contributed by atoms with Crippen LogP contribution in [0, 0.1) is 0 Å².